The van der Waals surface area contributed by atoms with Crippen LogP contribution in [0.4, 0.5) is 13.2 Å². The summed E-state index contributed by atoms with van der Waals surface area (Å²) in [4.78, 5) is 13.1. The smallest absolute Gasteiger partial charge is 0.398 e. The third-order valence-corrected chi connectivity index (χ3v) is 6.79. The maximum atomic E-state index is 14.9. The molecule has 2 aromatic rings. The second kappa shape index (κ2) is 9.83. The Kier molecular flexibility index (Phi) is 7.25. The Bertz CT molecular complexity index is 1260. The minimum atomic E-state index is -4.71. The highest BCUT2D eigenvalue weighted by Gasteiger charge is 2.58. The van der Waals surface area contributed by atoms with Crippen LogP contribution < -0.4 is 4.74 Å². The fourth-order valence-corrected chi connectivity index (χ4v) is 4.90. The number of rotatable bonds is 5. The average Bonchev–Trinajstić information content (AvgIpc) is 3.26. The summed E-state index contributed by atoms with van der Waals surface area (Å²) in [5.74, 6) is -0.228. The average molecular weight is 539 g/mol. The van der Waals surface area contributed by atoms with Crippen LogP contribution in [0, 0.1) is 5.41 Å². The molecule has 1 aliphatic heterocycles. The van der Waals surface area contributed by atoms with Crippen molar-refractivity contribution in [2.24, 2.45) is 5.41 Å². The van der Waals surface area contributed by atoms with Gasteiger partial charge in [0, 0.05) is 11.8 Å². The van der Waals surface area contributed by atoms with E-state index in [4.69, 9.17) is 25.8 Å². The number of alkyl halides is 3. The molecule has 4 rings (SSSR count). The van der Waals surface area contributed by atoms with Gasteiger partial charge in [0.05, 0.1) is 41.6 Å². The predicted molar refractivity (Wildman–Crippen MR) is 134 cm³/mol. The second-order valence-electron chi connectivity index (χ2n) is 10.4. The fraction of sp³-hybridized carbons (Fsp3) is 0.481. The van der Waals surface area contributed by atoms with Gasteiger partial charge in [0.1, 0.15) is 5.75 Å². The first kappa shape index (κ1) is 27.3. The Balaban J connectivity index is 2.09. The zero-order valence-electron chi connectivity index (χ0n) is 21.4. The van der Waals surface area contributed by atoms with Gasteiger partial charge in [-0.15, -0.1) is 0 Å². The number of esters is 1. The van der Waals surface area contributed by atoms with E-state index in [2.05, 4.69) is 5.10 Å². The molecule has 6 nitrogen and oxygen atoms in total. The van der Waals surface area contributed by atoms with Crippen LogP contribution in [-0.2, 0) is 20.7 Å². The summed E-state index contributed by atoms with van der Waals surface area (Å²) in [5.41, 5.74) is -1.70. The highest BCUT2D eigenvalue weighted by atomic mass is 35.5. The molecular formula is C27H30ClF3N2O4. The lowest BCUT2D eigenvalue weighted by Gasteiger charge is -2.42. The fourth-order valence-electron chi connectivity index (χ4n) is 4.76. The van der Waals surface area contributed by atoms with Gasteiger partial charge < -0.3 is 14.2 Å². The summed E-state index contributed by atoms with van der Waals surface area (Å²) in [6, 6.07) is 5.27. The quantitative estimate of drug-likeness (QED) is 0.407. The molecular weight excluding hydrogens is 509 g/mol. The molecule has 0 N–H and O–H groups in total. The molecule has 2 heterocycles. The minimum absolute atomic E-state index is 0.193. The van der Waals surface area contributed by atoms with E-state index >= 15 is 0 Å². The summed E-state index contributed by atoms with van der Waals surface area (Å²) in [6.45, 7) is 6.70. The van der Waals surface area contributed by atoms with E-state index in [1.807, 2.05) is 6.07 Å². The number of benzene rings is 1. The van der Waals surface area contributed by atoms with Crippen molar-refractivity contribution in [1.82, 2.24) is 9.78 Å². The molecule has 2 atom stereocenters. The molecule has 10 heteroatoms. The van der Waals surface area contributed by atoms with E-state index in [0.717, 1.165) is 26.0 Å². The Morgan fingerprint density at radius 1 is 1.27 bits per heavy atom. The Labute approximate surface area is 219 Å². The third kappa shape index (κ3) is 5.29. The lowest BCUT2D eigenvalue weighted by atomic mass is 9.68. The van der Waals surface area contributed by atoms with Crippen LogP contribution in [0.15, 0.2) is 42.2 Å². The van der Waals surface area contributed by atoms with Gasteiger partial charge in [-0.25, -0.2) is 9.48 Å². The van der Waals surface area contributed by atoms with E-state index < -0.39 is 35.7 Å². The van der Waals surface area contributed by atoms with Gasteiger partial charge in [0.2, 0.25) is 0 Å². The standard InChI is InChI=1S/C27H30ClF3N2O4/c1-25(2,3)37-23(24(34)35-5)22-21(17-8-9-20-16(13-17)7-6-12-36-20)19(33-15-18(28)14-32-33)10-11-26(22,4)27(29,30)31/h8-10,13-15,23H,6-7,11-12H2,1-5H3. The van der Waals surface area contributed by atoms with Crippen molar-refractivity contribution < 1.29 is 32.2 Å². The molecule has 0 saturated heterocycles. The van der Waals surface area contributed by atoms with Crippen molar-refractivity contribution in [3.8, 4) is 5.75 Å². The van der Waals surface area contributed by atoms with Crippen molar-refractivity contribution in [2.45, 2.75) is 64.8 Å². The van der Waals surface area contributed by atoms with Crippen LogP contribution in [0.5, 0.6) is 5.75 Å². The van der Waals surface area contributed by atoms with Crippen molar-refractivity contribution >= 4 is 28.8 Å². The maximum Gasteiger partial charge on any atom is 0.398 e. The number of carbonyl (C=O) groups is 1. The number of aromatic nitrogens is 2. The zero-order chi connectivity index (χ0) is 27.2. The molecule has 1 aromatic carbocycles. The normalized spacial score (nSPS) is 21.2. The molecule has 0 bridgehead atoms. The first-order valence-corrected chi connectivity index (χ1v) is 12.4. The van der Waals surface area contributed by atoms with Crippen molar-refractivity contribution in [2.75, 3.05) is 13.7 Å². The summed E-state index contributed by atoms with van der Waals surface area (Å²) < 4.78 is 62.9. The van der Waals surface area contributed by atoms with Crippen LogP contribution in [0.2, 0.25) is 5.02 Å². The molecule has 0 fully saturated rings. The van der Waals surface area contributed by atoms with Gasteiger partial charge in [-0.05, 0) is 75.8 Å². The van der Waals surface area contributed by atoms with E-state index in [0.29, 0.717) is 35.1 Å². The number of fused-ring (bicyclic) bond motifs is 1. The van der Waals surface area contributed by atoms with Crippen molar-refractivity contribution in [1.29, 1.82) is 0 Å². The molecule has 0 amide bonds. The zero-order valence-corrected chi connectivity index (χ0v) is 22.2. The molecule has 1 aliphatic carbocycles. The van der Waals surface area contributed by atoms with Gasteiger partial charge in [0.15, 0.2) is 6.10 Å². The minimum Gasteiger partial charge on any atom is -0.493 e. The lowest BCUT2D eigenvalue weighted by Crippen LogP contribution is -2.48. The highest BCUT2D eigenvalue weighted by Crippen LogP contribution is 2.56. The first-order chi connectivity index (χ1) is 17.2. The van der Waals surface area contributed by atoms with Gasteiger partial charge >= 0.3 is 12.1 Å². The molecule has 200 valence electrons. The van der Waals surface area contributed by atoms with Crippen molar-refractivity contribution in [3.05, 3.63) is 58.4 Å². The SMILES string of the molecule is COC(=O)C(OC(C)(C)C)C1=C(c2ccc3c(c2)CCCO3)C(n2cc(Cl)cn2)=CCC1(C)C(F)(F)F. The van der Waals surface area contributed by atoms with Gasteiger partial charge in [-0.3, -0.25) is 0 Å². The summed E-state index contributed by atoms with van der Waals surface area (Å²) in [7, 11) is 1.13. The first-order valence-electron chi connectivity index (χ1n) is 12.0. The molecule has 2 unspecified atom stereocenters. The molecule has 37 heavy (non-hydrogen) atoms. The van der Waals surface area contributed by atoms with Crippen LogP contribution in [0.3, 0.4) is 0 Å². The number of allylic oxidation sites excluding steroid dienone is 3. The largest absolute Gasteiger partial charge is 0.493 e. The molecule has 0 radical (unpaired) electrons. The van der Waals surface area contributed by atoms with E-state index in [-0.39, 0.29) is 11.1 Å². The number of ether oxygens (including phenoxy) is 3. The van der Waals surface area contributed by atoms with Crippen LogP contribution in [0.25, 0.3) is 11.3 Å². The van der Waals surface area contributed by atoms with E-state index in [1.165, 1.54) is 23.2 Å². The highest BCUT2D eigenvalue weighted by molar-refractivity contribution is 6.30. The summed E-state index contributed by atoms with van der Waals surface area (Å²) in [5, 5.41) is 4.59. The predicted octanol–water partition coefficient (Wildman–Crippen LogP) is 6.49. The Morgan fingerprint density at radius 2 is 2.00 bits per heavy atom. The number of nitrogens with zero attached hydrogens (tertiary/aromatic N) is 2. The van der Waals surface area contributed by atoms with Crippen LogP contribution >= 0.6 is 11.6 Å². The number of methoxy groups -OCH3 is 1. The van der Waals surface area contributed by atoms with E-state index in [1.54, 1.807) is 32.9 Å². The topological polar surface area (TPSA) is 62.6 Å². The van der Waals surface area contributed by atoms with Gasteiger partial charge in [-0.2, -0.15) is 18.3 Å². The number of aryl methyl sites for hydroxylation is 1. The van der Waals surface area contributed by atoms with Crippen LogP contribution in [0.1, 0.15) is 51.7 Å². The molecule has 1 aromatic heterocycles. The Hall–Kier alpha value is -2.78. The number of halogens is 4. The van der Waals surface area contributed by atoms with Gasteiger partial charge in [0.25, 0.3) is 0 Å². The number of hydrogen-bond donors (Lipinski definition) is 0. The molecule has 0 spiro atoms. The monoisotopic (exact) mass is 538 g/mol. The molecule has 2 aliphatic rings. The Morgan fingerprint density at radius 3 is 2.59 bits per heavy atom. The van der Waals surface area contributed by atoms with Crippen molar-refractivity contribution in [3.63, 3.8) is 0 Å². The summed E-state index contributed by atoms with van der Waals surface area (Å²) >= 11 is 6.13. The van der Waals surface area contributed by atoms with Crippen LogP contribution in [-0.4, -0.2) is 47.3 Å². The van der Waals surface area contributed by atoms with E-state index in [9.17, 15) is 18.0 Å². The number of carbonyl (C=O) groups excluding carboxylic acids is 1. The maximum absolute atomic E-state index is 14.9. The lowest BCUT2D eigenvalue weighted by molar-refractivity contribution is -0.211. The van der Waals surface area contributed by atoms with Gasteiger partial charge in [-0.1, -0.05) is 23.7 Å². The summed E-state index contributed by atoms with van der Waals surface area (Å²) in [6.07, 6.45) is -0.863. The second-order valence-corrected chi connectivity index (χ2v) is 10.9. The molecule has 0 saturated carbocycles. The third-order valence-electron chi connectivity index (χ3n) is 6.59. The number of hydrogen-bond acceptors (Lipinski definition) is 5.